The number of aromatic hydroxyl groups is 1. The molecular weight excluding hydrogens is 466 g/mol. The molecule has 35 heavy (non-hydrogen) atoms. The van der Waals surface area contributed by atoms with E-state index in [-0.39, 0.29) is 31.4 Å². The molecule has 1 aromatic carbocycles. The number of phenolic OH excluding ortho intramolecular Hbond substituents is 1. The van der Waals surface area contributed by atoms with Crippen molar-refractivity contribution in [3.05, 3.63) is 29.8 Å². The summed E-state index contributed by atoms with van der Waals surface area (Å²) in [5, 5.41) is 34.0. The van der Waals surface area contributed by atoms with Gasteiger partial charge in [0, 0.05) is 19.3 Å². The maximum atomic E-state index is 13.0. The molecule has 1 rings (SSSR count). The summed E-state index contributed by atoms with van der Waals surface area (Å²) in [6, 6.07) is 1.86. The number of carbonyl (C=O) groups is 6. The zero-order valence-electron chi connectivity index (χ0n) is 18.7. The van der Waals surface area contributed by atoms with Gasteiger partial charge in [-0.25, -0.2) is 0 Å². The van der Waals surface area contributed by atoms with E-state index in [1.807, 2.05) is 0 Å². The molecule has 4 amide bonds. The first-order valence-corrected chi connectivity index (χ1v) is 10.5. The molecule has 14 heteroatoms. The molecule has 10 N–H and O–H groups in total. The van der Waals surface area contributed by atoms with Crippen LogP contribution in [0.15, 0.2) is 24.3 Å². The molecule has 0 saturated carbocycles. The molecule has 0 fully saturated rings. The summed E-state index contributed by atoms with van der Waals surface area (Å²) in [4.78, 5) is 70.5. The predicted molar refractivity (Wildman–Crippen MR) is 120 cm³/mol. The summed E-state index contributed by atoms with van der Waals surface area (Å²) in [5.74, 6) is -5.85. The van der Waals surface area contributed by atoms with Gasteiger partial charge in [0.1, 0.15) is 24.4 Å². The molecule has 1 aromatic rings. The van der Waals surface area contributed by atoms with Crippen LogP contribution in [-0.2, 0) is 35.2 Å². The molecule has 14 nitrogen and oxygen atoms in total. The van der Waals surface area contributed by atoms with Gasteiger partial charge in [0.05, 0.1) is 6.04 Å². The standard InChI is InChI=1S/C21H29N5O9/c22-13(5-7-16(23)28)19(33)26-15(9-11-1-3-12(27)4-2-11)21(35)25-14(6-8-17(29)30)20(34)24-10-18(31)32/h1-4,13-15,27H,5-10,22H2,(H2,23,28)(H,24,34)(H,25,35)(H,26,33)(H,29,30)(H,31,32). The number of rotatable bonds is 15. The van der Waals surface area contributed by atoms with E-state index >= 15 is 0 Å². The number of nitrogens with one attached hydrogen (secondary N) is 3. The fourth-order valence-corrected chi connectivity index (χ4v) is 2.88. The van der Waals surface area contributed by atoms with Crippen molar-refractivity contribution in [1.82, 2.24) is 16.0 Å². The highest BCUT2D eigenvalue weighted by atomic mass is 16.4. The smallest absolute Gasteiger partial charge is 0.322 e. The first-order valence-electron chi connectivity index (χ1n) is 10.5. The summed E-state index contributed by atoms with van der Waals surface area (Å²) in [6.07, 6.45) is -1.18. The van der Waals surface area contributed by atoms with E-state index in [4.69, 9.17) is 21.7 Å². The second-order valence-electron chi connectivity index (χ2n) is 7.65. The summed E-state index contributed by atoms with van der Waals surface area (Å²) in [7, 11) is 0. The van der Waals surface area contributed by atoms with Gasteiger partial charge >= 0.3 is 11.9 Å². The highest BCUT2D eigenvalue weighted by Gasteiger charge is 2.29. The lowest BCUT2D eigenvalue weighted by Gasteiger charge is -2.24. The van der Waals surface area contributed by atoms with Gasteiger partial charge in [0.2, 0.25) is 23.6 Å². The molecule has 0 aliphatic heterocycles. The molecule has 3 unspecified atom stereocenters. The van der Waals surface area contributed by atoms with Crippen molar-refractivity contribution >= 4 is 35.6 Å². The quantitative estimate of drug-likeness (QED) is 0.128. The molecular formula is C21H29N5O9. The third kappa shape index (κ3) is 11.5. The monoisotopic (exact) mass is 495 g/mol. The van der Waals surface area contributed by atoms with Gasteiger partial charge in [-0.05, 0) is 30.5 Å². The number of primary amides is 1. The number of aliphatic carboxylic acids is 2. The van der Waals surface area contributed by atoms with Crippen LogP contribution >= 0.6 is 0 Å². The zero-order valence-corrected chi connectivity index (χ0v) is 18.7. The lowest BCUT2D eigenvalue weighted by molar-refractivity contribution is -0.140. The van der Waals surface area contributed by atoms with Crippen LogP contribution < -0.4 is 27.4 Å². The van der Waals surface area contributed by atoms with E-state index in [2.05, 4.69) is 16.0 Å². The van der Waals surface area contributed by atoms with Gasteiger partial charge < -0.3 is 42.7 Å². The first kappa shape index (κ1) is 28.8. The van der Waals surface area contributed by atoms with Crippen LogP contribution in [0.25, 0.3) is 0 Å². The molecule has 0 aromatic heterocycles. The van der Waals surface area contributed by atoms with E-state index in [9.17, 15) is 33.9 Å². The molecule has 0 saturated heterocycles. The zero-order chi connectivity index (χ0) is 26.5. The largest absolute Gasteiger partial charge is 0.508 e. The van der Waals surface area contributed by atoms with Crippen LogP contribution in [0.2, 0.25) is 0 Å². The predicted octanol–water partition coefficient (Wildman–Crippen LogP) is -2.44. The van der Waals surface area contributed by atoms with Crippen LogP contribution in [0.5, 0.6) is 5.75 Å². The Labute approximate surface area is 200 Å². The third-order valence-electron chi connectivity index (χ3n) is 4.74. The lowest BCUT2D eigenvalue weighted by atomic mass is 10.0. The van der Waals surface area contributed by atoms with E-state index in [0.717, 1.165) is 0 Å². The van der Waals surface area contributed by atoms with Crippen LogP contribution in [0, 0.1) is 0 Å². The van der Waals surface area contributed by atoms with Crippen molar-refractivity contribution in [2.75, 3.05) is 6.54 Å². The van der Waals surface area contributed by atoms with Crippen molar-refractivity contribution in [2.24, 2.45) is 11.5 Å². The second kappa shape index (κ2) is 14.1. The lowest BCUT2D eigenvalue weighted by Crippen LogP contribution is -2.56. The maximum Gasteiger partial charge on any atom is 0.322 e. The van der Waals surface area contributed by atoms with Crippen LogP contribution in [0.4, 0.5) is 0 Å². The molecule has 192 valence electrons. The van der Waals surface area contributed by atoms with Crippen LogP contribution in [0.3, 0.4) is 0 Å². The Kier molecular flexibility index (Phi) is 11.7. The average molecular weight is 495 g/mol. The Morgan fingerprint density at radius 3 is 1.94 bits per heavy atom. The van der Waals surface area contributed by atoms with Crippen molar-refractivity contribution in [1.29, 1.82) is 0 Å². The summed E-state index contributed by atoms with van der Waals surface area (Å²) >= 11 is 0. The van der Waals surface area contributed by atoms with Gasteiger partial charge in [-0.2, -0.15) is 0 Å². The maximum absolute atomic E-state index is 13.0. The average Bonchev–Trinajstić information content (AvgIpc) is 2.78. The number of carboxylic acid groups (broad SMARTS) is 2. The van der Waals surface area contributed by atoms with E-state index < -0.39 is 66.7 Å². The van der Waals surface area contributed by atoms with E-state index in [0.29, 0.717) is 5.56 Å². The molecule has 0 radical (unpaired) electrons. The Bertz CT molecular complexity index is 936. The number of phenols is 1. The van der Waals surface area contributed by atoms with Gasteiger partial charge in [0.25, 0.3) is 0 Å². The van der Waals surface area contributed by atoms with Crippen molar-refractivity contribution in [3.63, 3.8) is 0 Å². The summed E-state index contributed by atoms with van der Waals surface area (Å²) in [5.41, 5.74) is 11.3. The van der Waals surface area contributed by atoms with Gasteiger partial charge in [-0.3, -0.25) is 28.8 Å². The van der Waals surface area contributed by atoms with E-state index in [1.54, 1.807) is 0 Å². The molecule has 0 aliphatic rings. The number of carboxylic acids is 2. The summed E-state index contributed by atoms with van der Waals surface area (Å²) < 4.78 is 0. The molecule has 3 atom stereocenters. The minimum atomic E-state index is -1.40. The number of hydrogen-bond acceptors (Lipinski definition) is 8. The molecule has 0 heterocycles. The minimum Gasteiger partial charge on any atom is -0.508 e. The van der Waals surface area contributed by atoms with Crippen molar-refractivity contribution in [3.8, 4) is 5.75 Å². The highest BCUT2D eigenvalue weighted by Crippen LogP contribution is 2.12. The van der Waals surface area contributed by atoms with Crippen molar-refractivity contribution in [2.45, 2.75) is 50.2 Å². The summed E-state index contributed by atoms with van der Waals surface area (Å²) in [6.45, 7) is -0.749. The topological polar surface area (TPSA) is 251 Å². The number of benzene rings is 1. The molecule has 0 bridgehead atoms. The number of carbonyl (C=O) groups excluding carboxylic acids is 4. The van der Waals surface area contributed by atoms with Gasteiger partial charge in [-0.15, -0.1) is 0 Å². The number of nitrogens with two attached hydrogens (primary N) is 2. The SMILES string of the molecule is NC(=O)CCC(N)C(=O)NC(Cc1ccc(O)cc1)C(=O)NC(CCC(=O)O)C(=O)NCC(=O)O. The van der Waals surface area contributed by atoms with Crippen LogP contribution in [-0.4, -0.2) is 75.6 Å². The number of hydrogen-bond donors (Lipinski definition) is 8. The van der Waals surface area contributed by atoms with Gasteiger partial charge in [0.15, 0.2) is 0 Å². The highest BCUT2D eigenvalue weighted by molar-refractivity contribution is 5.94. The Hall–Kier alpha value is -4.20. The molecule has 0 aliphatic carbocycles. The molecule has 0 spiro atoms. The number of amides is 4. The Balaban J connectivity index is 3.05. The van der Waals surface area contributed by atoms with Gasteiger partial charge in [-0.1, -0.05) is 12.1 Å². The third-order valence-corrected chi connectivity index (χ3v) is 4.74. The van der Waals surface area contributed by atoms with Crippen LogP contribution in [0.1, 0.15) is 31.2 Å². The normalized spacial score (nSPS) is 13.1. The fraction of sp³-hybridized carbons (Fsp3) is 0.429. The Morgan fingerprint density at radius 2 is 1.40 bits per heavy atom. The second-order valence-corrected chi connectivity index (χ2v) is 7.65. The van der Waals surface area contributed by atoms with E-state index in [1.165, 1.54) is 24.3 Å². The van der Waals surface area contributed by atoms with Crippen molar-refractivity contribution < 1.29 is 44.1 Å². The fourth-order valence-electron chi connectivity index (χ4n) is 2.88. The minimum absolute atomic E-state index is 0.0314. The Morgan fingerprint density at radius 1 is 0.800 bits per heavy atom. The first-order chi connectivity index (χ1) is 16.4.